The Labute approximate surface area is 222 Å². The van der Waals surface area contributed by atoms with Crippen molar-refractivity contribution in [3.8, 4) is 11.5 Å². The molecular weight excluding hydrogens is 524 g/mol. The molecule has 3 N–H and O–H groups in total. The summed E-state index contributed by atoms with van der Waals surface area (Å²) in [7, 11) is -4.53. The first kappa shape index (κ1) is 25.6. The number of anilines is 1. The molecule has 0 saturated heterocycles. The lowest BCUT2D eigenvalue weighted by atomic mass is 10.1. The molecule has 0 spiro atoms. The molecule has 1 unspecified atom stereocenters. The maximum atomic E-state index is 12.9. The van der Waals surface area contributed by atoms with Gasteiger partial charge in [-0.05, 0) is 60.8 Å². The van der Waals surface area contributed by atoms with Crippen LogP contribution in [0.4, 0.5) is 22.7 Å². The van der Waals surface area contributed by atoms with Crippen LogP contribution >= 0.6 is 0 Å². The second-order valence-corrected chi connectivity index (χ2v) is 9.93. The Bertz CT molecular complexity index is 1800. The minimum atomic E-state index is -4.53. The van der Waals surface area contributed by atoms with Gasteiger partial charge >= 0.3 is 0 Å². The quantitative estimate of drug-likeness (QED) is 0.204. The summed E-state index contributed by atoms with van der Waals surface area (Å²) in [4.78, 5) is 12.4. The third kappa shape index (κ3) is 5.21. The van der Waals surface area contributed by atoms with Gasteiger partial charge in [-0.25, -0.2) is 0 Å². The molecule has 0 radical (unpaired) electrons. The minimum absolute atomic E-state index is 0.0196. The predicted octanol–water partition coefficient (Wildman–Crippen LogP) is 5.79. The Hall–Kier alpha value is -5.01. The summed E-state index contributed by atoms with van der Waals surface area (Å²) >= 11 is 0. The number of hydrogen-bond donors (Lipinski definition) is 3. The average Bonchev–Trinajstić information content (AvgIpc) is 3.20. The molecule has 39 heavy (non-hydrogen) atoms. The number of carbonyl (C=O) groups excluding carboxylic acids is 1. The topological polar surface area (TPSA) is 177 Å². The number of hydrogen-bond acceptors (Lipinski definition) is 10. The van der Waals surface area contributed by atoms with E-state index in [0.717, 1.165) is 18.2 Å². The van der Waals surface area contributed by atoms with E-state index in [0.29, 0.717) is 27.9 Å². The van der Waals surface area contributed by atoms with E-state index in [9.17, 15) is 28.0 Å². The van der Waals surface area contributed by atoms with Gasteiger partial charge in [0.2, 0.25) is 0 Å². The second-order valence-electron chi connectivity index (χ2n) is 8.51. The van der Waals surface area contributed by atoms with Crippen molar-refractivity contribution < 1.29 is 28.0 Å². The van der Waals surface area contributed by atoms with Crippen molar-refractivity contribution in [1.29, 1.82) is 0 Å². The van der Waals surface area contributed by atoms with Crippen LogP contribution in [0.1, 0.15) is 6.92 Å². The van der Waals surface area contributed by atoms with E-state index in [4.69, 9.17) is 0 Å². The molecular formula is C26H20N6O6S. The third-order valence-corrected chi connectivity index (χ3v) is 6.69. The molecule has 1 amide bonds. The van der Waals surface area contributed by atoms with Gasteiger partial charge in [0.1, 0.15) is 22.9 Å². The number of nitrogens with zero attached hydrogens (tertiary/aromatic N) is 6. The van der Waals surface area contributed by atoms with Crippen LogP contribution in [0.3, 0.4) is 0 Å². The summed E-state index contributed by atoms with van der Waals surface area (Å²) in [5, 5.41) is 43.5. The second kappa shape index (κ2) is 10.0. The van der Waals surface area contributed by atoms with Crippen LogP contribution in [0.15, 0.2) is 109 Å². The lowest BCUT2D eigenvalue weighted by Gasteiger charge is -2.11. The molecule has 4 aromatic carbocycles. The zero-order valence-corrected chi connectivity index (χ0v) is 21.1. The molecule has 196 valence electrons. The molecule has 1 aliphatic heterocycles. The Morgan fingerprint density at radius 3 is 2.33 bits per heavy atom. The lowest BCUT2D eigenvalue weighted by Crippen LogP contribution is -2.29. The van der Waals surface area contributed by atoms with Crippen LogP contribution in [-0.2, 0) is 14.9 Å². The number of hydrazone groups is 1. The maximum Gasteiger partial charge on any atom is 0.294 e. The largest absolute Gasteiger partial charge is 0.506 e. The number of para-hydroxylation sites is 1. The fourth-order valence-electron chi connectivity index (χ4n) is 3.86. The van der Waals surface area contributed by atoms with Gasteiger partial charge in [-0.2, -0.15) is 28.8 Å². The normalized spacial score (nSPS) is 16.1. The first-order valence-corrected chi connectivity index (χ1v) is 12.9. The number of rotatable bonds is 6. The van der Waals surface area contributed by atoms with E-state index in [1.54, 1.807) is 55.5 Å². The van der Waals surface area contributed by atoms with E-state index in [1.807, 2.05) is 6.07 Å². The molecule has 0 fully saturated rings. The van der Waals surface area contributed by atoms with Crippen molar-refractivity contribution in [3.63, 3.8) is 0 Å². The van der Waals surface area contributed by atoms with Crippen LogP contribution in [-0.4, -0.2) is 40.8 Å². The predicted molar refractivity (Wildman–Crippen MR) is 143 cm³/mol. The molecule has 0 aromatic heterocycles. The van der Waals surface area contributed by atoms with E-state index in [-0.39, 0.29) is 28.8 Å². The van der Waals surface area contributed by atoms with Crippen molar-refractivity contribution in [2.24, 2.45) is 25.6 Å². The van der Waals surface area contributed by atoms with Gasteiger partial charge in [0, 0.05) is 5.39 Å². The van der Waals surface area contributed by atoms with Gasteiger partial charge in [0.25, 0.3) is 16.0 Å². The molecule has 1 aliphatic rings. The monoisotopic (exact) mass is 544 g/mol. The number of aromatic hydroxyl groups is 2. The maximum absolute atomic E-state index is 12.9. The zero-order chi connectivity index (χ0) is 27.7. The van der Waals surface area contributed by atoms with Crippen molar-refractivity contribution in [2.75, 3.05) is 5.01 Å². The number of phenolic OH excluding ortho intramolecular Hbond substituents is 2. The summed E-state index contributed by atoms with van der Waals surface area (Å²) in [5.41, 5.74) is 1.23. The number of azo groups is 2. The summed E-state index contributed by atoms with van der Waals surface area (Å²) < 4.78 is 32.1. The van der Waals surface area contributed by atoms with E-state index < -0.39 is 21.1 Å². The fraction of sp³-hybridized carbons (Fsp3) is 0.0769. The molecule has 13 heteroatoms. The number of phenols is 2. The smallest absolute Gasteiger partial charge is 0.294 e. The Morgan fingerprint density at radius 1 is 0.872 bits per heavy atom. The van der Waals surface area contributed by atoms with Crippen LogP contribution in [0.25, 0.3) is 10.8 Å². The minimum Gasteiger partial charge on any atom is -0.506 e. The van der Waals surface area contributed by atoms with Crippen LogP contribution in [0.5, 0.6) is 11.5 Å². The SMILES string of the molecule is CC1=NN(c2ccccc2)C(=O)C1N=Nc1ccc2ccc(O)c(N=Nc3cc(S(=O)(=O)O)ccc3O)c2c1. The van der Waals surface area contributed by atoms with Gasteiger partial charge in [-0.3, -0.25) is 9.35 Å². The van der Waals surface area contributed by atoms with E-state index >= 15 is 0 Å². The average molecular weight is 545 g/mol. The van der Waals surface area contributed by atoms with Crippen molar-refractivity contribution >= 4 is 55.3 Å². The van der Waals surface area contributed by atoms with E-state index in [1.165, 1.54) is 11.1 Å². The molecule has 0 saturated carbocycles. The number of benzene rings is 4. The molecule has 1 heterocycles. The first-order valence-electron chi connectivity index (χ1n) is 11.4. The van der Waals surface area contributed by atoms with E-state index in [2.05, 4.69) is 25.6 Å². The van der Waals surface area contributed by atoms with Crippen LogP contribution < -0.4 is 5.01 Å². The molecule has 5 rings (SSSR count). The molecule has 0 bridgehead atoms. The highest BCUT2D eigenvalue weighted by molar-refractivity contribution is 7.85. The van der Waals surface area contributed by atoms with Crippen LogP contribution in [0.2, 0.25) is 0 Å². The Kier molecular flexibility index (Phi) is 6.60. The Balaban J connectivity index is 1.46. The summed E-state index contributed by atoms with van der Waals surface area (Å²) in [6.07, 6.45) is 0. The first-order chi connectivity index (χ1) is 18.6. The van der Waals surface area contributed by atoms with Gasteiger partial charge in [0.15, 0.2) is 6.04 Å². The molecule has 4 aromatic rings. The fourth-order valence-corrected chi connectivity index (χ4v) is 4.36. The van der Waals surface area contributed by atoms with Gasteiger partial charge in [-0.15, -0.1) is 10.2 Å². The van der Waals surface area contributed by atoms with Gasteiger partial charge in [0.05, 0.1) is 22.0 Å². The van der Waals surface area contributed by atoms with Gasteiger partial charge < -0.3 is 10.2 Å². The molecule has 0 aliphatic carbocycles. The van der Waals surface area contributed by atoms with Crippen molar-refractivity contribution in [1.82, 2.24) is 0 Å². The van der Waals surface area contributed by atoms with Crippen molar-refractivity contribution in [2.45, 2.75) is 17.9 Å². The number of fused-ring (bicyclic) bond motifs is 1. The third-order valence-electron chi connectivity index (χ3n) is 5.84. The molecule has 12 nitrogen and oxygen atoms in total. The Morgan fingerprint density at radius 2 is 1.59 bits per heavy atom. The van der Waals surface area contributed by atoms with Crippen molar-refractivity contribution in [3.05, 3.63) is 78.9 Å². The summed E-state index contributed by atoms with van der Waals surface area (Å²) in [6.45, 7) is 1.69. The highest BCUT2D eigenvalue weighted by atomic mass is 32.2. The standard InChI is InChI=1S/C26H20N6O6S/c1-15-24(26(35)32(31-15)18-5-3-2-4-6-18)29-27-17-9-7-16-8-11-23(34)25(20(16)13-17)30-28-21-14-19(39(36,37)38)10-12-22(21)33/h2-14,24,33-34H,1H3,(H,36,37,38). The lowest BCUT2D eigenvalue weighted by molar-refractivity contribution is -0.117. The number of carbonyl (C=O) groups is 1. The molecule has 1 atom stereocenters. The highest BCUT2D eigenvalue weighted by Gasteiger charge is 2.34. The summed E-state index contributed by atoms with van der Waals surface area (Å²) in [6, 6.07) is 19.1. The van der Waals surface area contributed by atoms with Crippen LogP contribution in [0, 0.1) is 0 Å². The van der Waals surface area contributed by atoms with Gasteiger partial charge in [-0.1, -0.05) is 30.3 Å². The zero-order valence-electron chi connectivity index (χ0n) is 20.2. The summed E-state index contributed by atoms with van der Waals surface area (Å²) in [5.74, 6) is -0.969. The number of amides is 1. The highest BCUT2D eigenvalue weighted by Crippen LogP contribution is 2.39.